The predicted octanol–water partition coefficient (Wildman–Crippen LogP) is 4.76. The van der Waals surface area contributed by atoms with Gasteiger partial charge in [0, 0.05) is 49.9 Å². The molecule has 0 aliphatic heterocycles. The van der Waals surface area contributed by atoms with Crippen molar-refractivity contribution < 1.29 is 19.2 Å². The molecule has 9 heteroatoms. The van der Waals surface area contributed by atoms with Crippen LogP contribution in [0.4, 0.5) is 5.69 Å². The van der Waals surface area contributed by atoms with E-state index in [0.29, 0.717) is 38.2 Å². The number of nitrogens with zero attached hydrogens (tertiary/aromatic N) is 3. The highest BCUT2D eigenvalue weighted by atomic mass is 32.1. The average molecular weight is 508 g/mol. The minimum Gasteiger partial charge on any atom is -0.385 e. The van der Waals surface area contributed by atoms with Gasteiger partial charge in [-0.15, -0.1) is 11.3 Å². The van der Waals surface area contributed by atoms with E-state index in [1.807, 2.05) is 47.8 Å². The van der Waals surface area contributed by atoms with E-state index in [0.717, 1.165) is 10.4 Å². The summed E-state index contributed by atoms with van der Waals surface area (Å²) in [5.74, 6) is -0.463. The zero-order valence-electron chi connectivity index (χ0n) is 20.1. The van der Waals surface area contributed by atoms with Crippen LogP contribution in [-0.4, -0.2) is 53.3 Å². The van der Waals surface area contributed by atoms with Gasteiger partial charge in [-0.2, -0.15) is 0 Å². The average Bonchev–Trinajstić information content (AvgIpc) is 3.40. The molecular formula is C27H29N3O5S. The molecule has 3 rings (SSSR count). The first kappa shape index (κ1) is 26.8. The van der Waals surface area contributed by atoms with Gasteiger partial charge in [-0.25, -0.2) is 0 Å². The van der Waals surface area contributed by atoms with Crippen LogP contribution in [0.2, 0.25) is 0 Å². The van der Waals surface area contributed by atoms with E-state index in [4.69, 9.17) is 4.74 Å². The highest BCUT2D eigenvalue weighted by molar-refractivity contribution is 7.09. The quantitative estimate of drug-likeness (QED) is 0.144. The molecule has 2 amide bonds. The second-order valence-electron chi connectivity index (χ2n) is 8.10. The molecule has 0 atom stereocenters. The monoisotopic (exact) mass is 507 g/mol. The number of carbonyl (C=O) groups is 2. The van der Waals surface area contributed by atoms with Crippen LogP contribution >= 0.6 is 11.3 Å². The Hall–Kier alpha value is -3.82. The van der Waals surface area contributed by atoms with E-state index in [2.05, 4.69) is 0 Å². The van der Waals surface area contributed by atoms with Crippen molar-refractivity contribution in [2.24, 2.45) is 0 Å². The lowest BCUT2D eigenvalue weighted by Crippen LogP contribution is -2.42. The SMILES string of the molecule is COCCCN(CC(=O)N(Cc1ccccc1)Cc1cccs1)C(=O)C=Cc1ccc([N+](=O)[O-])cc1. The fourth-order valence-electron chi connectivity index (χ4n) is 3.54. The number of hydrogen-bond acceptors (Lipinski definition) is 6. The highest BCUT2D eigenvalue weighted by Crippen LogP contribution is 2.16. The van der Waals surface area contributed by atoms with Crippen molar-refractivity contribution in [1.82, 2.24) is 9.80 Å². The molecular weight excluding hydrogens is 478 g/mol. The van der Waals surface area contributed by atoms with Gasteiger partial charge in [0.1, 0.15) is 6.54 Å². The van der Waals surface area contributed by atoms with Crippen LogP contribution in [0, 0.1) is 10.1 Å². The summed E-state index contributed by atoms with van der Waals surface area (Å²) in [6.45, 7) is 1.67. The van der Waals surface area contributed by atoms with E-state index < -0.39 is 4.92 Å². The number of amides is 2. The van der Waals surface area contributed by atoms with Crippen molar-refractivity contribution in [1.29, 1.82) is 0 Å². The highest BCUT2D eigenvalue weighted by Gasteiger charge is 2.21. The Morgan fingerprint density at radius 3 is 2.39 bits per heavy atom. The summed E-state index contributed by atoms with van der Waals surface area (Å²) in [4.78, 5) is 41.2. The molecule has 3 aromatic rings. The van der Waals surface area contributed by atoms with Crippen LogP contribution in [0.25, 0.3) is 6.08 Å². The van der Waals surface area contributed by atoms with E-state index in [9.17, 15) is 19.7 Å². The molecule has 0 fully saturated rings. The minimum absolute atomic E-state index is 0.0190. The van der Waals surface area contributed by atoms with Gasteiger partial charge in [0.2, 0.25) is 11.8 Å². The number of thiophene rings is 1. The molecule has 188 valence electrons. The van der Waals surface area contributed by atoms with Crippen molar-refractivity contribution >= 4 is 34.9 Å². The predicted molar refractivity (Wildman–Crippen MR) is 140 cm³/mol. The lowest BCUT2D eigenvalue weighted by molar-refractivity contribution is -0.384. The largest absolute Gasteiger partial charge is 0.385 e. The van der Waals surface area contributed by atoms with Crippen LogP contribution in [0.5, 0.6) is 0 Å². The molecule has 1 heterocycles. The number of non-ortho nitro benzene ring substituents is 1. The molecule has 0 saturated heterocycles. The summed E-state index contributed by atoms with van der Waals surface area (Å²) in [6.07, 6.45) is 3.57. The Balaban J connectivity index is 1.73. The molecule has 0 aliphatic rings. The van der Waals surface area contributed by atoms with Gasteiger partial charge in [0.05, 0.1) is 11.5 Å². The molecule has 0 saturated carbocycles. The number of methoxy groups -OCH3 is 1. The van der Waals surface area contributed by atoms with Crippen molar-refractivity contribution in [3.63, 3.8) is 0 Å². The second-order valence-corrected chi connectivity index (χ2v) is 9.14. The topological polar surface area (TPSA) is 93.0 Å². The molecule has 0 aliphatic carbocycles. The second kappa shape index (κ2) is 13.9. The van der Waals surface area contributed by atoms with Gasteiger partial charge in [0.15, 0.2) is 0 Å². The third-order valence-electron chi connectivity index (χ3n) is 5.43. The lowest BCUT2D eigenvalue weighted by atomic mass is 10.2. The standard InChI is InChI=1S/C27H29N3O5S/c1-35-17-6-16-28(26(31)15-12-22-10-13-24(14-11-22)30(33)34)21-27(32)29(20-25-9-5-18-36-25)19-23-7-3-2-4-8-23/h2-5,7-15,18H,6,16-17,19-21H2,1H3. The van der Waals surface area contributed by atoms with Gasteiger partial charge in [-0.05, 0) is 47.2 Å². The smallest absolute Gasteiger partial charge is 0.269 e. The zero-order valence-corrected chi connectivity index (χ0v) is 20.9. The first-order valence-electron chi connectivity index (χ1n) is 11.5. The Kier molecular flexibility index (Phi) is 10.3. The fraction of sp³-hybridized carbons (Fsp3) is 0.259. The zero-order chi connectivity index (χ0) is 25.8. The number of nitro groups is 1. The number of ether oxygens (including phenoxy) is 1. The van der Waals surface area contributed by atoms with Crippen molar-refractivity contribution in [3.05, 3.63) is 104 Å². The summed E-state index contributed by atoms with van der Waals surface area (Å²) in [6, 6.07) is 19.6. The van der Waals surface area contributed by atoms with E-state index in [-0.39, 0.29) is 24.0 Å². The normalized spacial score (nSPS) is 10.9. The summed E-state index contributed by atoms with van der Waals surface area (Å²) < 4.78 is 5.13. The third-order valence-corrected chi connectivity index (χ3v) is 6.29. The van der Waals surface area contributed by atoms with Crippen LogP contribution in [-0.2, 0) is 27.4 Å². The van der Waals surface area contributed by atoms with Crippen LogP contribution in [0.3, 0.4) is 0 Å². The summed E-state index contributed by atoms with van der Waals surface area (Å²) >= 11 is 1.59. The van der Waals surface area contributed by atoms with Gasteiger partial charge in [0.25, 0.3) is 5.69 Å². The maximum Gasteiger partial charge on any atom is 0.269 e. The first-order valence-corrected chi connectivity index (χ1v) is 12.4. The van der Waals surface area contributed by atoms with Gasteiger partial charge < -0.3 is 14.5 Å². The molecule has 36 heavy (non-hydrogen) atoms. The first-order chi connectivity index (χ1) is 17.5. The molecule has 0 spiro atoms. The lowest BCUT2D eigenvalue weighted by Gasteiger charge is -2.27. The molecule has 0 radical (unpaired) electrons. The number of benzene rings is 2. The Labute approximate surface area is 214 Å². The van der Waals surface area contributed by atoms with Gasteiger partial charge in [-0.3, -0.25) is 19.7 Å². The molecule has 0 unspecified atom stereocenters. The third kappa shape index (κ3) is 8.44. The summed E-state index contributed by atoms with van der Waals surface area (Å²) in [7, 11) is 1.59. The number of rotatable bonds is 13. The van der Waals surface area contributed by atoms with E-state index in [1.165, 1.54) is 23.1 Å². The molecule has 0 N–H and O–H groups in total. The van der Waals surface area contributed by atoms with Crippen molar-refractivity contribution in [3.8, 4) is 0 Å². The minimum atomic E-state index is -0.473. The molecule has 1 aromatic heterocycles. The van der Waals surface area contributed by atoms with Gasteiger partial charge >= 0.3 is 0 Å². The van der Waals surface area contributed by atoms with Gasteiger partial charge in [-0.1, -0.05) is 36.4 Å². The Bertz CT molecular complexity index is 1150. The van der Waals surface area contributed by atoms with Crippen molar-refractivity contribution in [2.75, 3.05) is 26.8 Å². The van der Waals surface area contributed by atoms with Crippen LogP contribution < -0.4 is 0 Å². The number of hydrogen-bond donors (Lipinski definition) is 0. The summed E-state index contributed by atoms with van der Waals surface area (Å²) in [5, 5.41) is 12.8. The van der Waals surface area contributed by atoms with Crippen LogP contribution in [0.15, 0.2) is 78.2 Å². The summed E-state index contributed by atoms with van der Waals surface area (Å²) in [5.41, 5.74) is 1.65. The Morgan fingerprint density at radius 2 is 1.75 bits per heavy atom. The maximum atomic E-state index is 13.4. The molecule has 2 aromatic carbocycles. The van der Waals surface area contributed by atoms with E-state index >= 15 is 0 Å². The van der Waals surface area contributed by atoms with E-state index in [1.54, 1.807) is 41.6 Å². The molecule has 0 bridgehead atoms. The van der Waals surface area contributed by atoms with Crippen molar-refractivity contribution in [2.45, 2.75) is 19.5 Å². The molecule has 8 nitrogen and oxygen atoms in total. The fourth-order valence-corrected chi connectivity index (χ4v) is 4.26. The number of carbonyl (C=O) groups excluding carboxylic acids is 2. The maximum absolute atomic E-state index is 13.4. The Morgan fingerprint density at radius 1 is 1.00 bits per heavy atom. The number of nitro benzene ring substituents is 1. The van der Waals surface area contributed by atoms with Crippen LogP contribution in [0.1, 0.15) is 22.4 Å².